The molecule has 6 heteroatoms. The van der Waals surface area contributed by atoms with Gasteiger partial charge in [0, 0.05) is 0 Å². The molecule has 0 bridgehead atoms. The molecule has 0 aliphatic heterocycles. The number of hydrogen-bond acceptors (Lipinski definition) is 4. The molecule has 0 radical (unpaired) electrons. The van der Waals surface area contributed by atoms with E-state index in [1.807, 2.05) is 38.1 Å². The van der Waals surface area contributed by atoms with Crippen LogP contribution in [0.5, 0.6) is 6.01 Å². The predicted octanol–water partition coefficient (Wildman–Crippen LogP) is 1.69. The minimum atomic E-state index is -0.145. The molecule has 1 heterocycles. The Bertz CT molecular complexity index is 565. The maximum Gasteiger partial charge on any atom is 0.337 e. The van der Waals surface area contributed by atoms with Crippen molar-refractivity contribution in [2.24, 2.45) is 0 Å². The quantitative estimate of drug-likeness (QED) is 0.857. The number of amides is 1. The van der Waals surface area contributed by atoms with E-state index in [-0.39, 0.29) is 11.9 Å². The van der Waals surface area contributed by atoms with Gasteiger partial charge in [-0.05, 0) is 25.0 Å². The minimum Gasteiger partial charge on any atom is -0.463 e. The third kappa shape index (κ3) is 3.54. The second-order valence-electron chi connectivity index (χ2n) is 4.05. The molecule has 100 valence electrons. The van der Waals surface area contributed by atoms with E-state index in [0.717, 1.165) is 11.1 Å². The van der Waals surface area contributed by atoms with Crippen molar-refractivity contribution in [3.8, 4) is 6.01 Å². The summed E-state index contributed by atoms with van der Waals surface area (Å²) in [5.41, 5.74) is 2.08. The molecule has 6 nitrogen and oxygen atoms in total. The van der Waals surface area contributed by atoms with Crippen LogP contribution in [0.25, 0.3) is 0 Å². The number of aromatic nitrogens is 3. The third-order valence-electron chi connectivity index (χ3n) is 2.61. The van der Waals surface area contributed by atoms with Gasteiger partial charge in [0.1, 0.15) is 0 Å². The molecule has 1 aromatic heterocycles. The van der Waals surface area contributed by atoms with Crippen molar-refractivity contribution in [1.29, 1.82) is 0 Å². The largest absolute Gasteiger partial charge is 0.463 e. The lowest BCUT2D eigenvalue weighted by molar-refractivity contribution is -0.115. The Kier molecular flexibility index (Phi) is 4.12. The summed E-state index contributed by atoms with van der Waals surface area (Å²) in [7, 11) is 0. The van der Waals surface area contributed by atoms with Gasteiger partial charge in [0.15, 0.2) is 0 Å². The van der Waals surface area contributed by atoms with E-state index in [1.54, 1.807) is 0 Å². The molecule has 0 spiro atoms. The first-order valence-electron chi connectivity index (χ1n) is 6.08. The van der Waals surface area contributed by atoms with Crippen LogP contribution < -0.4 is 10.1 Å². The maximum atomic E-state index is 11.9. The van der Waals surface area contributed by atoms with Gasteiger partial charge in [-0.15, -0.1) is 5.10 Å². The first kappa shape index (κ1) is 13.1. The Morgan fingerprint density at radius 3 is 2.95 bits per heavy atom. The number of aromatic amines is 1. The molecule has 1 aromatic carbocycles. The zero-order valence-corrected chi connectivity index (χ0v) is 10.9. The number of ether oxygens (including phenoxy) is 1. The molecule has 0 aliphatic carbocycles. The number of rotatable bonds is 5. The van der Waals surface area contributed by atoms with Gasteiger partial charge in [-0.3, -0.25) is 10.1 Å². The third-order valence-corrected chi connectivity index (χ3v) is 2.61. The van der Waals surface area contributed by atoms with Crippen LogP contribution in [0.1, 0.15) is 18.1 Å². The molecule has 0 saturated carbocycles. The summed E-state index contributed by atoms with van der Waals surface area (Å²) in [6.07, 6.45) is 0.303. The number of benzene rings is 1. The maximum absolute atomic E-state index is 11.9. The van der Waals surface area contributed by atoms with Crippen LogP contribution in [-0.2, 0) is 11.2 Å². The highest BCUT2D eigenvalue weighted by atomic mass is 16.5. The highest BCUT2D eigenvalue weighted by Crippen LogP contribution is 2.10. The lowest BCUT2D eigenvalue weighted by atomic mass is 10.1. The van der Waals surface area contributed by atoms with E-state index in [2.05, 4.69) is 20.5 Å². The molecular formula is C13H16N4O2. The van der Waals surface area contributed by atoms with Crippen molar-refractivity contribution in [3.05, 3.63) is 35.4 Å². The number of H-pyrrole nitrogens is 1. The minimum absolute atomic E-state index is 0.145. The summed E-state index contributed by atoms with van der Waals surface area (Å²) >= 11 is 0. The molecule has 0 atom stereocenters. The molecule has 2 N–H and O–H groups in total. The van der Waals surface area contributed by atoms with Crippen molar-refractivity contribution in [2.75, 3.05) is 11.9 Å². The van der Waals surface area contributed by atoms with E-state index in [9.17, 15) is 4.79 Å². The number of anilines is 1. The Labute approximate surface area is 111 Å². The smallest absolute Gasteiger partial charge is 0.337 e. The SMILES string of the molecule is CCOc1n[nH]c(NC(=O)Cc2ccccc2C)n1. The van der Waals surface area contributed by atoms with Crippen LogP contribution in [0.4, 0.5) is 5.95 Å². The highest BCUT2D eigenvalue weighted by Gasteiger charge is 2.09. The first-order chi connectivity index (χ1) is 9.19. The standard InChI is InChI=1S/C13H16N4O2/c1-3-19-13-15-12(16-17-13)14-11(18)8-10-7-5-4-6-9(10)2/h4-7H,3,8H2,1-2H3,(H2,14,15,16,17,18). The van der Waals surface area contributed by atoms with Crippen molar-refractivity contribution < 1.29 is 9.53 Å². The van der Waals surface area contributed by atoms with Gasteiger partial charge in [-0.25, -0.2) is 5.10 Å². The van der Waals surface area contributed by atoms with Gasteiger partial charge in [-0.2, -0.15) is 4.98 Å². The van der Waals surface area contributed by atoms with Gasteiger partial charge in [0.25, 0.3) is 0 Å². The van der Waals surface area contributed by atoms with E-state index >= 15 is 0 Å². The average molecular weight is 260 g/mol. The van der Waals surface area contributed by atoms with Gasteiger partial charge >= 0.3 is 6.01 Å². The zero-order chi connectivity index (χ0) is 13.7. The van der Waals surface area contributed by atoms with Gasteiger partial charge < -0.3 is 4.74 Å². The van der Waals surface area contributed by atoms with Crippen molar-refractivity contribution in [1.82, 2.24) is 15.2 Å². The van der Waals surface area contributed by atoms with Crippen molar-refractivity contribution in [2.45, 2.75) is 20.3 Å². The van der Waals surface area contributed by atoms with Gasteiger partial charge in [0.2, 0.25) is 11.9 Å². The topological polar surface area (TPSA) is 79.9 Å². The molecule has 2 aromatic rings. The Balaban J connectivity index is 1.95. The summed E-state index contributed by atoms with van der Waals surface area (Å²) in [6.45, 7) is 4.30. The lowest BCUT2D eigenvalue weighted by Crippen LogP contribution is -2.16. The van der Waals surface area contributed by atoms with E-state index in [4.69, 9.17) is 4.74 Å². The summed E-state index contributed by atoms with van der Waals surface area (Å²) in [6, 6.07) is 8.00. The Hall–Kier alpha value is -2.37. The van der Waals surface area contributed by atoms with Crippen LogP contribution in [0.2, 0.25) is 0 Å². The Morgan fingerprint density at radius 2 is 2.21 bits per heavy atom. The van der Waals surface area contributed by atoms with Crippen LogP contribution in [0.15, 0.2) is 24.3 Å². The van der Waals surface area contributed by atoms with Crippen LogP contribution >= 0.6 is 0 Å². The fraction of sp³-hybridized carbons (Fsp3) is 0.308. The van der Waals surface area contributed by atoms with Crippen LogP contribution in [-0.4, -0.2) is 27.7 Å². The highest BCUT2D eigenvalue weighted by molar-refractivity contribution is 5.90. The second-order valence-corrected chi connectivity index (χ2v) is 4.05. The monoisotopic (exact) mass is 260 g/mol. The summed E-state index contributed by atoms with van der Waals surface area (Å²) in [5, 5.41) is 9.06. The molecular weight excluding hydrogens is 244 g/mol. The lowest BCUT2D eigenvalue weighted by Gasteiger charge is -2.04. The van der Waals surface area contributed by atoms with E-state index in [1.165, 1.54) is 0 Å². The van der Waals surface area contributed by atoms with Crippen molar-refractivity contribution in [3.63, 3.8) is 0 Å². The van der Waals surface area contributed by atoms with Crippen LogP contribution in [0, 0.1) is 6.92 Å². The number of carbonyl (C=O) groups excluding carboxylic acids is 1. The van der Waals surface area contributed by atoms with E-state index < -0.39 is 0 Å². The fourth-order valence-corrected chi connectivity index (χ4v) is 1.65. The van der Waals surface area contributed by atoms with Gasteiger partial charge in [0.05, 0.1) is 13.0 Å². The average Bonchev–Trinajstić information content (AvgIpc) is 2.80. The number of carbonyl (C=O) groups is 1. The fourth-order valence-electron chi connectivity index (χ4n) is 1.65. The number of nitrogens with zero attached hydrogens (tertiary/aromatic N) is 2. The molecule has 0 fully saturated rings. The molecule has 0 saturated heterocycles. The number of nitrogens with one attached hydrogen (secondary N) is 2. The van der Waals surface area contributed by atoms with Crippen molar-refractivity contribution >= 4 is 11.9 Å². The molecule has 1 amide bonds. The summed E-state index contributed by atoms with van der Waals surface area (Å²) in [4.78, 5) is 15.8. The number of hydrogen-bond donors (Lipinski definition) is 2. The predicted molar refractivity (Wildman–Crippen MR) is 71.1 cm³/mol. The molecule has 0 unspecified atom stereocenters. The van der Waals surface area contributed by atoms with Gasteiger partial charge in [-0.1, -0.05) is 24.3 Å². The van der Waals surface area contributed by atoms with Crippen LogP contribution in [0.3, 0.4) is 0 Å². The molecule has 0 aliphatic rings. The molecule has 2 rings (SSSR count). The summed E-state index contributed by atoms with van der Waals surface area (Å²) in [5.74, 6) is 0.149. The Morgan fingerprint density at radius 1 is 1.42 bits per heavy atom. The molecule has 19 heavy (non-hydrogen) atoms. The summed E-state index contributed by atoms with van der Waals surface area (Å²) < 4.78 is 5.10. The normalized spacial score (nSPS) is 10.2. The zero-order valence-electron chi connectivity index (χ0n) is 10.9. The second kappa shape index (κ2) is 5.99. The van der Waals surface area contributed by atoms with E-state index in [0.29, 0.717) is 19.0 Å². The first-order valence-corrected chi connectivity index (χ1v) is 6.08. The number of aryl methyl sites for hydroxylation is 1.